The molecule has 0 spiro atoms. The van der Waals surface area contributed by atoms with Gasteiger partial charge >= 0.3 is 0 Å². The minimum atomic E-state index is -0.533. The van der Waals surface area contributed by atoms with E-state index in [2.05, 4.69) is 20.7 Å². The number of carbonyl (C=O) groups is 1. The Morgan fingerprint density at radius 2 is 2.00 bits per heavy atom. The zero-order valence-corrected chi connectivity index (χ0v) is 14.2. The van der Waals surface area contributed by atoms with Gasteiger partial charge in [-0.3, -0.25) is 20.0 Å². The molecule has 0 bridgehead atoms. The van der Waals surface area contributed by atoms with Gasteiger partial charge < -0.3 is 5.11 Å². The lowest BCUT2D eigenvalue weighted by Crippen LogP contribution is -2.19. The Morgan fingerprint density at radius 1 is 1.22 bits per heavy atom. The number of phenolic OH excluding ortho intramolecular Hbond substituents is 1. The number of carbonyl (C=O) groups excluding carboxylic acids is 1. The molecule has 0 aliphatic heterocycles. The molecule has 0 fully saturated rings. The quantitative estimate of drug-likeness (QED) is 0.363. The van der Waals surface area contributed by atoms with E-state index in [1.807, 2.05) is 0 Å². The van der Waals surface area contributed by atoms with E-state index >= 15 is 0 Å². The first kappa shape index (κ1) is 17.8. The van der Waals surface area contributed by atoms with Crippen LogP contribution < -0.4 is 5.43 Å². The molecule has 3 N–H and O–H groups in total. The molecule has 2 aromatic carbocycles. The van der Waals surface area contributed by atoms with Crippen molar-refractivity contribution in [1.82, 2.24) is 15.6 Å². The number of amides is 1. The first-order chi connectivity index (χ1) is 13.0. The third-order valence-electron chi connectivity index (χ3n) is 3.79. The van der Waals surface area contributed by atoms with Crippen LogP contribution in [0.5, 0.6) is 5.75 Å². The number of nitrogens with one attached hydrogen (secondary N) is 2. The number of nitro groups is 1. The lowest BCUT2D eigenvalue weighted by molar-refractivity contribution is -0.384. The van der Waals surface area contributed by atoms with Gasteiger partial charge in [-0.25, -0.2) is 5.43 Å². The molecule has 0 saturated heterocycles. The van der Waals surface area contributed by atoms with Gasteiger partial charge in [-0.1, -0.05) is 24.3 Å². The molecule has 1 heterocycles. The van der Waals surface area contributed by atoms with Gasteiger partial charge in [0, 0.05) is 23.3 Å². The normalized spacial score (nSPS) is 11.2. The van der Waals surface area contributed by atoms with Crippen LogP contribution in [0.3, 0.4) is 0 Å². The van der Waals surface area contributed by atoms with Crippen molar-refractivity contribution in [3.63, 3.8) is 0 Å². The number of para-hydroxylation sites is 1. The van der Waals surface area contributed by atoms with Crippen molar-refractivity contribution in [1.29, 1.82) is 0 Å². The average molecular weight is 365 g/mol. The summed E-state index contributed by atoms with van der Waals surface area (Å²) in [6, 6.07) is 14.1. The zero-order valence-electron chi connectivity index (χ0n) is 14.2. The smallest absolute Gasteiger partial charge is 0.289 e. The van der Waals surface area contributed by atoms with Crippen molar-refractivity contribution in [2.24, 2.45) is 5.10 Å². The van der Waals surface area contributed by atoms with E-state index in [9.17, 15) is 20.0 Å². The standard InChI is InChI=1S/C18H15N5O4/c1-11(14-7-2-3-8-17(14)24)19-22-18(25)16-10-15(20-21-16)12-5-4-6-13(9-12)23(26)27/h2-10,24H,1H3,(H,20,21)(H,22,25)/b19-11-. The van der Waals surface area contributed by atoms with E-state index in [-0.39, 0.29) is 17.1 Å². The number of hydrogen-bond acceptors (Lipinski definition) is 6. The van der Waals surface area contributed by atoms with Gasteiger partial charge in [-0.05, 0) is 25.1 Å². The van der Waals surface area contributed by atoms with E-state index in [0.29, 0.717) is 22.5 Å². The fraction of sp³-hybridized carbons (Fsp3) is 0.0556. The van der Waals surface area contributed by atoms with Gasteiger partial charge in [0.1, 0.15) is 11.4 Å². The number of aromatic amines is 1. The molecule has 0 unspecified atom stereocenters. The van der Waals surface area contributed by atoms with Crippen LogP contribution in [-0.2, 0) is 0 Å². The molecule has 0 saturated carbocycles. The predicted molar refractivity (Wildman–Crippen MR) is 98.5 cm³/mol. The highest BCUT2D eigenvalue weighted by Gasteiger charge is 2.13. The van der Waals surface area contributed by atoms with Crippen molar-refractivity contribution in [2.45, 2.75) is 6.92 Å². The van der Waals surface area contributed by atoms with Crippen molar-refractivity contribution in [2.75, 3.05) is 0 Å². The molecular formula is C18H15N5O4. The summed E-state index contributed by atoms with van der Waals surface area (Å²) in [6.45, 7) is 1.65. The summed E-state index contributed by atoms with van der Waals surface area (Å²) in [7, 11) is 0. The lowest BCUT2D eigenvalue weighted by Gasteiger charge is -2.03. The summed E-state index contributed by atoms with van der Waals surface area (Å²) in [4.78, 5) is 22.6. The fourth-order valence-corrected chi connectivity index (χ4v) is 2.40. The number of non-ortho nitro benzene ring substituents is 1. The number of H-pyrrole nitrogens is 1. The van der Waals surface area contributed by atoms with Crippen molar-refractivity contribution < 1.29 is 14.8 Å². The Morgan fingerprint density at radius 3 is 2.74 bits per heavy atom. The first-order valence-electron chi connectivity index (χ1n) is 7.89. The number of rotatable bonds is 5. The molecule has 0 radical (unpaired) electrons. The number of hydrazone groups is 1. The first-order valence-corrected chi connectivity index (χ1v) is 7.89. The Bertz CT molecular complexity index is 1040. The van der Waals surface area contributed by atoms with Crippen LogP contribution in [-0.4, -0.2) is 31.8 Å². The van der Waals surface area contributed by atoms with Crippen LogP contribution in [0.25, 0.3) is 11.3 Å². The number of aromatic nitrogens is 2. The third-order valence-corrected chi connectivity index (χ3v) is 3.79. The molecule has 0 aliphatic rings. The zero-order chi connectivity index (χ0) is 19.4. The summed E-state index contributed by atoms with van der Waals surface area (Å²) in [5, 5.41) is 31.2. The second kappa shape index (κ2) is 7.48. The second-order valence-corrected chi connectivity index (χ2v) is 5.63. The Labute approximate surface area is 153 Å². The number of hydrogen-bond donors (Lipinski definition) is 3. The topological polar surface area (TPSA) is 134 Å². The van der Waals surface area contributed by atoms with Gasteiger partial charge in [0.2, 0.25) is 0 Å². The van der Waals surface area contributed by atoms with Crippen molar-refractivity contribution in [3.8, 4) is 17.0 Å². The van der Waals surface area contributed by atoms with Gasteiger partial charge in [-0.2, -0.15) is 10.2 Å². The van der Waals surface area contributed by atoms with Gasteiger partial charge in [0.25, 0.3) is 11.6 Å². The molecule has 9 nitrogen and oxygen atoms in total. The molecule has 3 aromatic rings. The minimum absolute atomic E-state index is 0.0579. The maximum Gasteiger partial charge on any atom is 0.289 e. The Hall–Kier alpha value is -4.01. The van der Waals surface area contributed by atoms with Gasteiger partial charge in [0.15, 0.2) is 0 Å². The van der Waals surface area contributed by atoms with Crippen LogP contribution in [0.1, 0.15) is 23.0 Å². The largest absolute Gasteiger partial charge is 0.507 e. The second-order valence-electron chi connectivity index (χ2n) is 5.63. The van der Waals surface area contributed by atoms with Crippen molar-refractivity contribution >= 4 is 17.3 Å². The van der Waals surface area contributed by atoms with E-state index in [0.717, 1.165) is 0 Å². The fourth-order valence-electron chi connectivity index (χ4n) is 2.40. The summed E-state index contributed by atoms with van der Waals surface area (Å²) in [5.41, 5.74) is 4.29. The molecule has 27 heavy (non-hydrogen) atoms. The average Bonchev–Trinajstić information content (AvgIpc) is 3.16. The van der Waals surface area contributed by atoms with E-state index < -0.39 is 10.8 Å². The summed E-state index contributed by atoms with van der Waals surface area (Å²) in [6.07, 6.45) is 0. The van der Waals surface area contributed by atoms with Crippen LogP contribution in [0, 0.1) is 10.1 Å². The van der Waals surface area contributed by atoms with E-state index in [1.54, 1.807) is 37.3 Å². The maximum atomic E-state index is 12.2. The summed E-state index contributed by atoms with van der Waals surface area (Å²) >= 11 is 0. The molecule has 9 heteroatoms. The number of phenols is 1. The molecular weight excluding hydrogens is 350 g/mol. The SMILES string of the molecule is C/C(=N/NC(=O)c1cc(-c2cccc([N+](=O)[O-])c2)n[nH]1)c1ccccc1O. The monoisotopic (exact) mass is 365 g/mol. The third kappa shape index (κ3) is 3.98. The van der Waals surface area contributed by atoms with Crippen LogP contribution >= 0.6 is 0 Å². The van der Waals surface area contributed by atoms with Gasteiger partial charge in [-0.15, -0.1) is 0 Å². The number of benzene rings is 2. The molecule has 0 aliphatic carbocycles. The number of nitrogens with zero attached hydrogens (tertiary/aromatic N) is 3. The molecule has 136 valence electrons. The van der Waals surface area contributed by atoms with E-state index in [4.69, 9.17) is 0 Å². The maximum absolute atomic E-state index is 12.2. The molecule has 1 aromatic heterocycles. The number of aromatic hydroxyl groups is 1. The Kier molecular flexibility index (Phi) is 4.93. The highest BCUT2D eigenvalue weighted by Crippen LogP contribution is 2.22. The minimum Gasteiger partial charge on any atom is -0.507 e. The van der Waals surface area contributed by atoms with Crippen LogP contribution in [0.2, 0.25) is 0 Å². The Balaban J connectivity index is 1.76. The number of nitro benzene ring substituents is 1. The van der Waals surface area contributed by atoms with Gasteiger partial charge in [0.05, 0.1) is 16.3 Å². The van der Waals surface area contributed by atoms with Crippen LogP contribution in [0.15, 0.2) is 59.7 Å². The van der Waals surface area contributed by atoms with Crippen LogP contribution in [0.4, 0.5) is 5.69 Å². The summed E-state index contributed by atoms with van der Waals surface area (Å²) < 4.78 is 0. The highest BCUT2D eigenvalue weighted by atomic mass is 16.6. The predicted octanol–water partition coefficient (Wildman–Crippen LogP) is 2.84. The molecule has 1 amide bonds. The summed E-state index contributed by atoms with van der Waals surface area (Å²) in [5.74, 6) is -0.476. The lowest BCUT2D eigenvalue weighted by atomic mass is 10.1. The van der Waals surface area contributed by atoms with E-state index in [1.165, 1.54) is 24.3 Å². The van der Waals surface area contributed by atoms with Crippen molar-refractivity contribution in [3.05, 3.63) is 76.0 Å². The highest BCUT2D eigenvalue weighted by molar-refractivity contribution is 6.02. The molecule has 3 rings (SSSR count). The molecule has 0 atom stereocenters.